The van der Waals surface area contributed by atoms with Gasteiger partial charge in [0, 0.05) is 34.6 Å². The minimum atomic E-state index is -0.0166. The second-order valence-corrected chi connectivity index (χ2v) is 9.22. The number of hydrogen-bond acceptors (Lipinski definition) is 7. The van der Waals surface area contributed by atoms with E-state index < -0.39 is 0 Å². The molecule has 1 atom stereocenters. The van der Waals surface area contributed by atoms with Crippen LogP contribution in [0.15, 0.2) is 36.5 Å². The second-order valence-electron chi connectivity index (χ2n) is 7.98. The quantitative estimate of drug-likeness (QED) is 0.508. The van der Waals surface area contributed by atoms with Crippen molar-refractivity contribution in [1.29, 1.82) is 0 Å². The summed E-state index contributed by atoms with van der Waals surface area (Å²) >= 11 is 1.65. The minimum absolute atomic E-state index is 0.0166. The van der Waals surface area contributed by atoms with Crippen molar-refractivity contribution < 1.29 is 9.84 Å². The molecule has 4 rings (SSSR count). The van der Waals surface area contributed by atoms with Crippen molar-refractivity contribution >= 4 is 22.2 Å². The van der Waals surface area contributed by atoms with Gasteiger partial charge in [0.05, 0.1) is 24.9 Å². The van der Waals surface area contributed by atoms with Crippen molar-refractivity contribution in [2.24, 2.45) is 0 Å². The number of rotatable bonds is 8. The lowest BCUT2D eigenvalue weighted by Crippen LogP contribution is -2.23. The highest BCUT2D eigenvalue weighted by Crippen LogP contribution is 2.35. The van der Waals surface area contributed by atoms with E-state index in [-0.39, 0.29) is 12.6 Å². The van der Waals surface area contributed by atoms with E-state index in [0.717, 1.165) is 59.5 Å². The summed E-state index contributed by atoms with van der Waals surface area (Å²) in [7, 11) is 0. The standard InChI is InChI=1S/C24H30N4O2S/c1-4-30-23-8-7-18(11-19(23)15-29)14-28-9-5-6-22(28)21-12-20(10-16(2)26-21)27-24-25-13-17(3)31-24/h7-8,10-13,22,29H,4-6,9,14-15H2,1-3H3,(H,25,26,27). The molecule has 1 saturated heterocycles. The van der Waals surface area contributed by atoms with E-state index in [2.05, 4.69) is 46.4 Å². The molecule has 3 aromatic rings. The van der Waals surface area contributed by atoms with Crippen LogP contribution in [0.1, 0.15) is 53.2 Å². The van der Waals surface area contributed by atoms with Crippen LogP contribution < -0.4 is 10.1 Å². The van der Waals surface area contributed by atoms with E-state index in [1.165, 1.54) is 10.4 Å². The Morgan fingerprint density at radius 1 is 1.26 bits per heavy atom. The monoisotopic (exact) mass is 438 g/mol. The third kappa shape index (κ3) is 5.23. The Morgan fingerprint density at radius 2 is 2.13 bits per heavy atom. The summed E-state index contributed by atoms with van der Waals surface area (Å²) in [6.07, 6.45) is 4.13. The fourth-order valence-electron chi connectivity index (χ4n) is 4.21. The maximum absolute atomic E-state index is 9.73. The molecule has 0 aliphatic carbocycles. The maximum Gasteiger partial charge on any atom is 0.187 e. The van der Waals surface area contributed by atoms with Crippen LogP contribution in [-0.4, -0.2) is 33.1 Å². The number of hydrogen-bond donors (Lipinski definition) is 2. The molecule has 0 bridgehead atoms. The number of aliphatic hydroxyl groups excluding tert-OH is 1. The number of ether oxygens (including phenoxy) is 1. The van der Waals surface area contributed by atoms with Gasteiger partial charge in [-0.3, -0.25) is 9.88 Å². The Kier molecular flexibility index (Phi) is 6.85. The van der Waals surface area contributed by atoms with Crippen LogP contribution in [0.25, 0.3) is 0 Å². The van der Waals surface area contributed by atoms with Crippen LogP contribution in [-0.2, 0) is 13.2 Å². The molecule has 1 aromatic carbocycles. The zero-order valence-electron chi connectivity index (χ0n) is 18.4. The first kappa shape index (κ1) is 21.7. The third-order valence-electron chi connectivity index (χ3n) is 5.53. The third-order valence-corrected chi connectivity index (χ3v) is 6.36. The van der Waals surface area contributed by atoms with Gasteiger partial charge in [-0.2, -0.15) is 0 Å². The number of aromatic nitrogens is 2. The SMILES string of the molecule is CCOc1ccc(CN2CCCC2c2cc(Nc3ncc(C)s3)cc(C)n2)cc1CO. The van der Waals surface area contributed by atoms with Gasteiger partial charge < -0.3 is 15.2 Å². The number of likely N-dealkylation sites (tertiary alicyclic amines) is 1. The summed E-state index contributed by atoms with van der Waals surface area (Å²) in [5.41, 5.74) is 5.16. The van der Waals surface area contributed by atoms with Crippen molar-refractivity contribution in [2.75, 3.05) is 18.5 Å². The summed E-state index contributed by atoms with van der Waals surface area (Å²) in [5.74, 6) is 0.764. The van der Waals surface area contributed by atoms with Gasteiger partial charge in [0.25, 0.3) is 0 Å². The predicted octanol–water partition coefficient (Wildman–Crippen LogP) is 5.13. The van der Waals surface area contributed by atoms with E-state index in [4.69, 9.17) is 9.72 Å². The van der Waals surface area contributed by atoms with Gasteiger partial charge in [-0.15, -0.1) is 11.3 Å². The fourth-order valence-corrected chi connectivity index (χ4v) is 4.89. The van der Waals surface area contributed by atoms with Gasteiger partial charge in [0.1, 0.15) is 5.75 Å². The molecule has 2 N–H and O–H groups in total. The molecule has 0 saturated carbocycles. The van der Waals surface area contributed by atoms with E-state index in [9.17, 15) is 5.11 Å². The fraction of sp³-hybridized carbons (Fsp3) is 0.417. The minimum Gasteiger partial charge on any atom is -0.494 e. The van der Waals surface area contributed by atoms with Crippen molar-refractivity contribution in [3.05, 3.63) is 63.9 Å². The second kappa shape index (κ2) is 9.77. The Bertz CT molecular complexity index is 1040. The Labute approximate surface area is 187 Å². The molecule has 31 heavy (non-hydrogen) atoms. The highest BCUT2D eigenvalue weighted by Gasteiger charge is 2.28. The topological polar surface area (TPSA) is 70.5 Å². The molecule has 0 radical (unpaired) electrons. The first-order valence-electron chi connectivity index (χ1n) is 10.8. The predicted molar refractivity (Wildman–Crippen MR) is 125 cm³/mol. The average Bonchev–Trinajstić information content (AvgIpc) is 3.37. The van der Waals surface area contributed by atoms with E-state index >= 15 is 0 Å². The van der Waals surface area contributed by atoms with Crippen LogP contribution in [0.3, 0.4) is 0 Å². The summed E-state index contributed by atoms with van der Waals surface area (Å²) in [6.45, 7) is 8.50. The van der Waals surface area contributed by atoms with Crippen LogP contribution in [0, 0.1) is 13.8 Å². The summed E-state index contributed by atoms with van der Waals surface area (Å²) in [4.78, 5) is 13.0. The first-order chi connectivity index (χ1) is 15.1. The molecular weight excluding hydrogens is 408 g/mol. The number of nitrogens with one attached hydrogen (secondary N) is 1. The summed E-state index contributed by atoms with van der Waals surface area (Å²) in [6, 6.07) is 10.6. The first-order valence-corrected chi connectivity index (χ1v) is 11.6. The Hall–Kier alpha value is -2.48. The van der Waals surface area contributed by atoms with E-state index in [1.807, 2.05) is 26.1 Å². The largest absolute Gasteiger partial charge is 0.494 e. The zero-order chi connectivity index (χ0) is 21.8. The van der Waals surface area contributed by atoms with Gasteiger partial charge in [-0.1, -0.05) is 6.07 Å². The number of pyridine rings is 1. The molecule has 1 unspecified atom stereocenters. The molecule has 0 spiro atoms. The normalized spacial score (nSPS) is 16.6. The van der Waals surface area contributed by atoms with Crippen molar-refractivity contribution in [3.8, 4) is 5.75 Å². The molecular formula is C24H30N4O2S. The molecule has 0 amide bonds. The number of thiazole rings is 1. The highest BCUT2D eigenvalue weighted by molar-refractivity contribution is 7.15. The molecule has 1 aliphatic rings. The van der Waals surface area contributed by atoms with Gasteiger partial charge in [0.2, 0.25) is 0 Å². The number of nitrogens with zero attached hydrogens (tertiary/aromatic N) is 3. The highest BCUT2D eigenvalue weighted by atomic mass is 32.1. The molecule has 6 nitrogen and oxygen atoms in total. The van der Waals surface area contributed by atoms with Crippen molar-refractivity contribution in [3.63, 3.8) is 0 Å². The van der Waals surface area contributed by atoms with Gasteiger partial charge in [-0.25, -0.2) is 4.98 Å². The molecule has 7 heteroatoms. The van der Waals surface area contributed by atoms with Crippen molar-refractivity contribution in [1.82, 2.24) is 14.9 Å². The summed E-state index contributed by atoms with van der Waals surface area (Å²) in [5, 5.41) is 14.1. The smallest absolute Gasteiger partial charge is 0.187 e. The van der Waals surface area contributed by atoms with Crippen LogP contribution >= 0.6 is 11.3 Å². The van der Waals surface area contributed by atoms with Gasteiger partial charge in [-0.05, 0) is 70.0 Å². The number of anilines is 2. The lowest BCUT2D eigenvalue weighted by atomic mass is 10.1. The van der Waals surface area contributed by atoms with Crippen LogP contribution in [0.5, 0.6) is 5.75 Å². The number of benzene rings is 1. The van der Waals surface area contributed by atoms with E-state index in [0.29, 0.717) is 6.61 Å². The Balaban J connectivity index is 1.53. The lowest BCUT2D eigenvalue weighted by Gasteiger charge is -2.25. The van der Waals surface area contributed by atoms with Crippen LogP contribution in [0.4, 0.5) is 10.8 Å². The number of aliphatic hydroxyl groups is 1. The molecule has 3 heterocycles. The van der Waals surface area contributed by atoms with Crippen LogP contribution in [0.2, 0.25) is 0 Å². The molecule has 164 valence electrons. The molecule has 2 aromatic heterocycles. The van der Waals surface area contributed by atoms with Crippen molar-refractivity contribution in [2.45, 2.75) is 52.8 Å². The lowest BCUT2D eigenvalue weighted by molar-refractivity contribution is 0.242. The average molecular weight is 439 g/mol. The van der Waals surface area contributed by atoms with Gasteiger partial charge in [0.15, 0.2) is 5.13 Å². The Morgan fingerprint density at radius 3 is 2.87 bits per heavy atom. The summed E-state index contributed by atoms with van der Waals surface area (Å²) < 4.78 is 5.63. The van der Waals surface area contributed by atoms with E-state index in [1.54, 1.807) is 11.3 Å². The zero-order valence-corrected chi connectivity index (χ0v) is 19.2. The van der Waals surface area contributed by atoms with Gasteiger partial charge >= 0.3 is 0 Å². The number of aryl methyl sites for hydroxylation is 2. The maximum atomic E-state index is 9.73. The molecule has 1 aliphatic heterocycles. The molecule has 1 fully saturated rings.